The van der Waals surface area contributed by atoms with Crippen LogP contribution in [-0.4, -0.2) is 0 Å². The normalized spacial score (nSPS) is 19.6. The summed E-state index contributed by atoms with van der Waals surface area (Å²) in [6, 6.07) is 15.8. The molecule has 0 aliphatic heterocycles. The predicted molar refractivity (Wildman–Crippen MR) is 98.3 cm³/mol. The van der Waals surface area contributed by atoms with Crippen LogP contribution in [0.4, 0.5) is 0 Å². The minimum Gasteiger partial charge on any atom is -0.0839 e. The zero-order valence-electron chi connectivity index (χ0n) is 12.1. The molecule has 2 aliphatic carbocycles. The van der Waals surface area contributed by atoms with Crippen LogP contribution in [-0.2, 0) is 0 Å². The molecular weight excluding hydrogens is 367 g/mol. The second kappa shape index (κ2) is 5.13. The maximum atomic E-state index is 2.40. The van der Waals surface area contributed by atoms with Crippen molar-refractivity contribution in [2.24, 2.45) is 0 Å². The molecule has 2 aromatic rings. The molecule has 0 heterocycles. The Bertz CT molecular complexity index is 763. The van der Waals surface area contributed by atoms with Gasteiger partial charge >= 0.3 is 0 Å². The third-order valence-electron chi connectivity index (χ3n) is 4.69. The van der Waals surface area contributed by atoms with Crippen LogP contribution in [0.5, 0.6) is 0 Å². The number of benzene rings is 2. The number of allylic oxidation sites excluding steroid dienone is 4. The van der Waals surface area contributed by atoms with Crippen LogP contribution in [0.1, 0.15) is 36.8 Å². The summed E-state index contributed by atoms with van der Waals surface area (Å²) < 4.78 is 1.29. The second-order valence-electron chi connectivity index (χ2n) is 5.91. The first-order chi connectivity index (χ1) is 10.2. The molecule has 2 aliphatic rings. The lowest BCUT2D eigenvalue weighted by Crippen LogP contribution is -1.92. The Kier molecular flexibility index (Phi) is 3.26. The average Bonchev–Trinajstić information content (AvgIpc) is 2.81. The van der Waals surface area contributed by atoms with E-state index in [9.17, 15) is 0 Å². The smallest absolute Gasteiger partial charge is 0.0130 e. The monoisotopic (exact) mass is 384 g/mol. The van der Waals surface area contributed by atoms with Crippen molar-refractivity contribution in [3.63, 3.8) is 0 Å². The number of halogens is 1. The Labute approximate surface area is 139 Å². The van der Waals surface area contributed by atoms with E-state index in [4.69, 9.17) is 0 Å². The summed E-state index contributed by atoms with van der Waals surface area (Å²) in [5.74, 6) is 0.537. The summed E-state index contributed by atoms with van der Waals surface area (Å²) in [5, 5.41) is 0. The molecule has 0 spiro atoms. The van der Waals surface area contributed by atoms with Crippen LogP contribution >= 0.6 is 22.6 Å². The van der Waals surface area contributed by atoms with E-state index < -0.39 is 0 Å². The van der Waals surface area contributed by atoms with Gasteiger partial charge in [0.1, 0.15) is 0 Å². The van der Waals surface area contributed by atoms with E-state index in [2.05, 4.69) is 84.1 Å². The number of hydrogen-bond acceptors (Lipinski definition) is 0. The molecule has 0 nitrogen and oxygen atoms in total. The predicted octanol–water partition coefficient (Wildman–Crippen LogP) is 6.18. The highest BCUT2D eigenvalue weighted by Crippen LogP contribution is 2.47. The van der Waals surface area contributed by atoms with E-state index in [1.165, 1.54) is 44.2 Å². The average molecular weight is 384 g/mol. The summed E-state index contributed by atoms with van der Waals surface area (Å²) >= 11 is 2.36. The molecule has 21 heavy (non-hydrogen) atoms. The van der Waals surface area contributed by atoms with Gasteiger partial charge in [0.15, 0.2) is 0 Å². The second-order valence-corrected chi connectivity index (χ2v) is 7.15. The fourth-order valence-electron chi connectivity index (χ4n) is 3.56. The van der Waals surface area contributed by atoms with Crippen LogP contribution in [0, 0.1) is 3.57 Å². The topological polar surface area (TPSA) is 0 Å². The van der Waals surface area contributed by atoms with E-state index in [1.54, 1.807) is 5.57 Å². The molecule has 0 bridgehead atoms. The number of hydrogen-bond donors (Lipinski definition) is 0. The van der Waals surface area contributed by atoms with Crippen LogP contribution in [0.2, 0.25) is 0 Å². The van der Waals surface area contributed by atoms with Gasteiger partial charge < -0.3 is 0 Å². The maximum absolute atomic E-state index is 2.40. The van der Waals surface area contributed by atoms with Crippen molar-refractivity contribution in [3.8, 4) is 11.1 Å². The highest BCUT2D eigenvalue weighted by molar-refractivity contribution is 14.1. The fourth-order valence-corrected chi connectivity index (χ4v) is 3.92. The van der Waals surface area contributed by atoms with Crippen molar-refractivity contribution >= 4 is 28.2 Å². The van der Waals surface area contributed by atoms with Crippen molar-refractivity contribution in [1.29, 1.82) is 0 Å². The van der Waals surface area contributed by atoms with Gasteiger partial charge in [-0.15, -0.1) is 0 Å². The summed E-state index contributed by atoms with van der Waals surface area (Å²) in [4.78, 5) is 0. The molecule has 1 unspecified atom stereocenters. The van der Waals surface area contributed by atoms with Gasteiger partial charge in [-0.05, 0) is 87.0 Å². The molecule has 0 aromatic heterocycles. The van der Waals surface area contributed by atoms with Crippen molar-refractivity contribution in [2.75, 3.05) is 0 Å². The highest BCUT2D eigenvalue weighted by Gasteiger charge is 2.27. The van der Waals surface area contributed by atoms with Crippen LogP contribution in [0.3, 0.4) is 0 Å². The van der Waals surface area contributed by atoms with Crippen molar-refractivity contribution in [3.05, 3.63) is 74.9 Å². The quantitative estimate of drug-likeness (QED) is 0.515. The van der Waals surface area contributed by atoms with Crippen molar-refractivity contribution < 1.29 is 0 Å². The minimum atomic E-state index is 0.537. The molecule has 1 atom stereocenters. The fraction of sp³-hybridized carbons (Fsp3) is 0.200. The van der Waals surface area contributed by atoms with Gasteiger partial charge in [-0.3, -0.25) is 0 Å². The number of fused-ring (bicyclic) bond motifs is 2. The van der Waals surface area contributed by atoms with E-state index in [0.29, 0.717) is 5.92 Å². The Hall–Kier alpha value is -1.35. The summed E-state index contributed by atoms with van der Waals surface area (Å²) in [6.45, 7) is 2.34. The lowest BCUT2D eigenvalue weighted by molar-refractivity contribution is 0.931. The lowest BCUT2D eigenvalue weighted by atomic mass is 9.94. The third kappa shape index (κ3) is 2.18. The zero-order chi connectivity index (χ0) is 14.4. The van der Waals surface area contributed by atoms with Gasteiger partial charge in [0.2, 0.25) is 0 Å². The maximum Gasteiger partial charge on any atom is 0.0130 e. The molecule has 0 radical (unpaired) electrons. The molecular formula is C20H17I. The van der Waals surface area contributed by atoms with E-state index in [-0.39, 0.29) is 0 Å². The van der Waals surface area contributed by atoms with E-state index in [1.807, 2.05) is 0 Å². The molecule has 0 amide bonds. The Morgan fingerprint density at radius 3 is 2.57 bits per heavy atom. The summed E-state index contributed by atoms with van der Waals surface area (Å²) in [6.07, 6.45) is 7.05. The van der Waals surface area contributed by atoms with Gasteiger partial charge in [-0.1, -0.05) is 43.3 Å². The Morgan fingerprint density at radius 1 is 1.00 bits per heavy atom. The van der Waals surface area contributed by atoms with Crippen molar-refractivity contribution in [2.45, 2.75) is 25.7 Å². The molecule has 2 aromatic carbocycles. The zero-order valence-corrected chi connectivity index (χ0v) is 14.2. The van der Waals surface area contributed by atoms with Crippen LogP contribution in [0.25, 0.3) is 16.7 Å². The molecule has 0 saturated carbocycles. The standard InChI is InChI=1S/C20H17I/c1-13-17-4-2-3-5-18(17)19-11-8-15(12-20(13)19)14-6-9-16(21)10-7-14/h2,4,6-13H,3,5H2,1H3. The molecule has 0 N–H and O–H groups in total. The first-order valence-electron chi connectivity index (χ1n) is 7.54. The lowest BCUT2D eigenvalue weighted by Gasteiger charge is -2.11. The molecule has 4 rings (SSSR count). The third-order valence-corrected chi connectivity index (χ3v) is 5.41. The first kappa shape index (κ1) is 13.3. The van der Waals surface area contributed by atoms with Gasteiger partial charge in [0.25, 0.3) is 0 Å². The van der Waals surface area contributed by atoms with Crippen LogP contribution in [0.15, 0.2) is 60.2 Å². The molecule has 0 fully saturated rings. The Balaban J connectivity index is 1.80. The SMILES string of the molecule is CC1C2=C(CCC=C2)c2ccc(-c3ccc(I)cc3)cc21. The van der Waals surface area contributed by atoms with E-state index >= 15 is 0 Å². The van der Waals surface area contributed by atoms with Gasteiger partial charge in [0, 0.05) is 9.49 Å². The van der Waals surface area contributed by atoms with Crippen LogP contribution < -0.4 is 0 Å². The van der Waals surface area contributed by atoms with Gasteiger partial charge in [0.05, 0.1) is 0 Å². The number of rotatable bonds is 1. The highest BCUT2D eigenvalue weighted by atomic mass is 127. The Morgan fingerprint density at radius 2 is 1.76 bits per heavy atom. The molecule has 104 valence electrons. The van der Waals surface area contributed by atoms with Gasteiger partial charge in [-0.2, -0.15) is 0 Å². The molecule has 1 heteroatoms. The molecule has 0 saturated heterocycles. The summed E-state index contributed by atoms with van der Waals surface area (Å²) in [5.41, 5.74) is 8.75. The minimum absolute atomic E-state index is 0.537. The summed E-state index contributed by atoms with van der Waals surface area (Å²) in [7, 11) is 0. The van der Waals surface area contributed by atoms with Crippen molar-refractivity contribution in [1.82, 2.24) is 0 Å². The van der Waals surface area contributed by atoms with Gasteiger partial charge in [-0.25, -0.2) is 0 Å². The van der Waals surface area contributed by atoms with E-state index in [0.717, 1.165) is 0 Å². The largest absolute Gasteiger partial charge is 0.0839 e. The first-order valence-corrected chi connectivity index (χ1v) is 8.62.